The Morgan fingerprint density at radius 2 is 2.06 bits per heavy atom. The van der Waals surface area contributed by atoms with Crippen LogP contribution in [0.15, 0.2) is 35.2 Å². The fraction of sp³-hybridized carbons (Fsp3) is 0.571. The van der Waals surface area contributed by atoms with Crippen molar-refractivity contribution >= 4 is 11.8 Å². The molecule has 1 aliphatic rings. The Morgan fingerprint density at radius 3 is 2.76 bits per heavy atom. The molecule has 94 valence electrons. The molecular formula is C14H21NOS. The Labute approximate surface area is 108 Å². The number of ether oxygens (including phenoxy) is 1. The Bertz CT molecular complexity index is 339. The maximum absolute atomic E-state index is 5.53. The topological polar surface area (TPSA) is 12.5 Å². The first-order chi connectivity index (χ1) is 8.18. The Morgan fingerprint density at radius 1 is 1.29 bits per heavy atom. The van der Waals surface area contributed by atoms with E-state index in [0.717, 1.165) is 32.1 Å². The first-order valence-electron chi connectivity index (χ1n) is 6.19. The maximum atomic E-state index is 5.53. The van der Waals surface area contributed by atoms with Crippen molar-refractivity contribution in [3.8, 4) is 0 Å². The van der Waals surface area contributed by atoms with Crippen molar-refractivity contribution in [3.05, 3.63) is 30.3 Å². The lowest BCUT2D eigenvalue weighted by molar-refractivity contribution is -0.0476. The summed E-state index contributed by atoms with van der Waals surface area (Å²) in [5.41, 5.74) is 0.190. The average Bonchev–Trinajstić information content (AvgIpc) is 2.32. The second kappa shape index (κ2) is 5.89. The van der Waals surface area contributed by atoms with Crippen molar-refractivity contribution in [2.75, 3.05) is 32.1 Å². The summed E-state index contributed by atoms with van der Waals surface area (Å²) in [5.74, 6) is 1.15. The molecule has 1 saturated heterocycles. The van der Waals surface area contributed by atoms with E-state index in [9.17, 15) is 0 Å². The summed E-state index contributed by atoms with van der Waals surface area (Å²) in [7, 11) is 0. The quantitative estimate of drug-likeness (QED) is 0.764. The first-order valence-corrected chi connectivity index (χ1v) is 7.18. The summed E-state index contributed by atoms with van der Waals surface area (Å²) < 4.78 is 5.53. The van der Waals surface area contributed by atoms with Crippen molar-refractivity contribution < 1.29 is 4.74 Å². The number of hydrogen-bond acceptors (Lipinski definition) is 3. The van der Waals surface area contributed by atoms with Crippen LogP contribution in [0.3, 0.4) is 0 Å². The predicted molar refractivity (Wildman–Crippen MR) is 73.6 cm³/mol. The first kappa shape index (κ1) is 12.9. The molecule has 2 nitrogen and oxygen atoms in total. The summed E-state index contributed by atoms with van der Waals surface area (Å²) >= 11 is 1.93. The zero-order chi connectivity index (χ0) is 12.1. The number of morpholine rings is 1. The van der Waals surface area contributed by atoms with Gasteiger partial charge in [-0.3, -0.25) is 4.90 Å². The van der Waals surface area contributed by atoms with E-state index >= 15 is 0 Å². The van der Waals surface area contributed by atoms with Gasteiger partial charge < -0.3 is 4.74 Å². The molecule has 0 saturated carbocycles. The van der Waals surface area contributed by atoms with E-state index < -0.39 is 0 Å². The third-order valence-corrected chi connectivity index (χ3v) is 4.18. The van der Waals surface area contributed by atoms with Gasteiger partial charge >= 0.3 is 0 Å². The summed E-state index contributed by atoms with van der Waals surface area (Å²) in [4.78, 5) is 3.89. The van der Waals surface area contributed by atoms with Crippen LogP contribution >= 0.6 is 11.8 Å². The van der Waals surface area contributed by atoms with E-state index in [4.69, 9.17) is 4.74 Å². The Balaban J connectivity index is 1.78. The van der Waals surface area contributed by atoms with Crippen LogP contribution in [0.4, 0.5) is 0 Å². The lowest BCUT2D eigenvalue weighted by Gasteiger charge is -2.42. The van der Waals surface area contributed by atoms with Crippen LogP contribution < -0.4 is 0 Å². The van der Waals surface area contributed by atoms with Gasteiger partial charge in [-0.05, 0) is 26.0 Å². The molecule has 1 heterocycles. The van der Waals surface area contributed by atoms with Crippen LogP contribution in [0.25, 0.3) is 0 Å². The zero-order valence-electron chi connectivity index (χ0n) is 10.7. The summed E-state index contributed by atoms with van der Waals surface area (Å²) in [5, 5.41) is 0. The fourth-order valence-electron chi connectivity index (χ4n) is 2.10. The third kappa shape index (κ3) is 3.73. The largest absolute Gasteiger partial charge is 0.378 e. The van der Waals surface area contributed by atoms with Crippen LogP contribution in [0.1, 0.15) is 13.8 Å². The molecule has 1 fully saturated rings. The van der Waals surface area contributed by atoms with Gasteiger partial charge in [0, 0.05) is 29.3 Å². The molecule has 0 amide bonds. The predicted octanol–water partition coefficient (Wildman–Crippen LogP) is 2.89. The molecule has 1 aromatic rings. The number of nitrogens with zero attached hydrogens (tertiary/aromatic N) is 1. The van der Waals surface area contributed by atoms with Gasteiger partial charge in [0.15, 0.2) is 0 Å². The van der Waals surface area contributed by atoms with E-state index in [0.29, 0.717) is 0 Å². The van der Waals surface area contributed by atoms with E-state index in [1.54, 1.807) is 0 Å². The molecule has 17 heavy (non-hydrogen) atoms. The van der Waals surface area contributed by atoms with Gasteiger partial charge in [-0.25, -0.2) is 0 Å². The van der Waals surface area contributed by atoms with Crippen LogP contribution in [-0.2, 0) is 4.74 Å². The Hall–Kier alpha value is -0.510. The minimum Gasteiger partial charge on any atom is -0.378 e. The van der Waals surface area contributed by atoms with Gasteiger partial charge in [0.1, 0.15) is 0 Å². The summed E-state index contributed by atoms with van der Waals surface area (Å²) in [6.07, 6.45) is 0. The molecule has 0 spiro atoms. The summed E-state index contributed by atoms with van der Waals surface area (Å²) in [6, 6.07) is 10.6. The normalized spacial score (nSPS) is 20.4. The SMILES string of the molecule is CC1(C)COCCN1CCSc1ccccc1. The van der Waals surface area contributed by atoms with Crippen molar-refractivity contribution in [2.45, 2.75) is 24.3 Å². The number of benzene rings is 1. The zero-order valence-corrected chi connectivity index (χ0v) is 11.5. The highest BCUT2D eigenvalue weighted by atomic mass is 32.2. The van der Waals surface area contributed by atoms with Gasteiger partial charge in [0.05, 0.1) is 13.2 Å². The van der Waals surface area contributed by atoms with Gasteiger partial charge in [-0.1, -0.05) is 18.2 Å². The molecule has 3 heteroatoms. The summed E-state index contributed by atoms with van der Waals surface area (Å²) in [6.45, 7) is 8.44. The van der Waals surface area contributed by atoms with Crippen molar-refractivity contribution in [1.82, 2.24) is 4.90 Å². The van der Waals surface area contributed by atoms with E-state index in [-0.39, 0.29) is 5.54 Å². The third-order valence-electron chi connectivity index (χ3n) is 3.19. The fourth-order valence-corrected chi connectivity index (χ4v) is 2.99. The van der Waals surface area contributed by atoms with Gasteiger partial charge in [-0.15, -0.1) is 11.8 Å². The van der Waals surface area contributed by atoms with Gasteiger partial charge in [0.2, 0.25) is 0 Å². The van der Waals surface area contributed by atoms with E-state index in [1.165, 1.54) is 4.90 Å². The van der Waals surface area contributed by atoms with Crippen molar-refractivity contribution in [2.24, 2.45) is 0 Å². The maximum Gasteiger partial charge on any atom is 0.0645 e. The van der Waals surface area contributed by atoms with Crippen LogP contribution in [0, 0.1) is 0 Å². The highest BCUT2D eigenvalue weighted by molar-refractivity contribution is 7.99. The molecule has 0 radical (unpaired) electrons. The number of rotatable bonds is 4. The second-order valence-corrected chi connectivity index (χ2v) is 6.18. The monoisotopic (exact) mass is 251 g/mol. The minimum atomic E-state index is 0.190. The molecule has 2 rings (SSSR count). The van der Waals surface area contributed by atoms with Crippen molar-refractivity contribution in [3.63, 3.8) is 0 Å². The molecule has 0 bridgehead atoms. The van der Waals surface area contributed by atoms with E-state index in [2.05, 4.69) is 49.1 Å². The molecular weight excluding hydrogens is 230 g/mol. The van der Waals surface area contributed by atoms with Gasteiger partial charge in [-0.2, -0.15) is 0 Å². The lowest BCUT2D eigenvalue weighted by Crippen LogP contribution is -2.53. The van der Waals surface area contributed by atoms with Gasteiger partial charge in [0.25, 0.3) is 0 Å². The Kier molecular flexibility index (Phi) is 4.48. The molecule has 0 aliphatic carbocycles. The number of hydrogen-bond donors (Lipinski definition) is 0. The molecule has 0 unspecified atom stereocenters. The smallest absolute Gasteiger partial charge is 0.0645 e. The molecule has 1 aliphatic heterocycles. The van der Waals surface area contributed by atoms with E-state index in [1.807, 2.05) is 11.8 Å². The standard InChI is InChI=1S/C14H21NOS/c1-14(2)12-16-10-8-15(14)9-11-17-13-6-4-3-5-7-13/h3-7H,8-12H2,1-2H3. The van der Waals surface area contributed by atoms with Crippen LogP contribution in [0.2, 0.25) is 0 Å². The lowest BCUT2D eigenvalue weighted by atomic mass is 10.0. The van der Waals surface area contributed by atoms with Crippen molar-refractivity contribution in [1.29, 1.82) is 0 Å². The van der Waals surface area contributed by atoms with Crippen LogP contribution in [-0.4, -0.2) is 42.5 Å². The molecule has 0 N–H and O–H groups in total. The van der Waals surface area contributed by atoms with Crippen LogP contribution in [0.5, 0.6) is 0 Å². The second-order valence-electron chi connectivity index (χ2n) is 5.01. The molecule has 1 aromatic carbocycles. The highest BCUT2D eigenvalue weighted by Gasteiger charge is 2.29. The average molecular weight is 251 g/mol. The minimum absolute atomic E-state index is 0.190. The highest BCUT2D eigenvalue weighted by Crippen LogP contribution is 2.22. The molecule has 0 aromatic heterocycles. The molecule has 0 atom stereocenters. The number of thioether (sulfide) groups is 1.